The van der Waals surface area contributed by atoms with Gasteiger partial charge in [-0.15, -0.1) is 0 Å². The molecule has 162 valence electrons. The molecule has 1 fully saturated rings. The molecule has 1 amide bonds. The predicted molar refractivity (Wildman–Crippen MR) is 119 cm³/mol. The number of carbonyl (C=O) groups is 1. The van der Waals surface area contributed by atoms with E-state index in [1.807, 2.05) is 12.1 Å². The number of sulfonamides is 1. The Morgan fingerprint density at radius 1 is 1.00 bits per heavy atom. The third kappa shape index (κ3) is 6.39. The van der Waals surface area contributed by atoms with E-state index >= 15 is 0 Å². The fraction of sp³-hybridized carbons (Fsp3) is 0.435. The number of nitrogens with one attached hydrogen (secondary N) is 1. The molecule has 0 aromatic heterocycles. The van der Waals surface area contributed by atoms with Crippen molar-refractivity contribution in [3.63, 3.8) is 0 Å². The van der Waals surface area contributed by atoms with E-state index < -0.39 is 16.1 Å². The molecule has 0 spiro atoms. The van der Waals surface area contributed by atoms with Crippen LogP contribution in [0.25, 0.3) is 0 Å². The highest BCUT2D eigenvalue weighted by atomic mass is 32.2. The van der Waals surface area contributed by atoms with E-state index in [1.54, 1.807) is 36.1 Å². The van der Waals surface area contributed by atoms with Crippen LogP contribution in [0, 0.1) is 6.92 Å². The molecule has 7 heteroatoms. The van der Waals surface area contributed by atoms with Gasteiger partial charge in [0.25, 0.3) is 0 Å². The number of amides is 1. The molecule has 1 saturated heterocycles. The fourth-order valence-electron chi connectivity index (χ4n) is 3.81. The zero-order valence-electron chi connectivity index (χ0n) is 17.8. The van der Waals surface area contributed by atoms with Gasteiger partial charge in [0.2, 0.25) is 15.9 Å². The Hall–Kier alpha value is -2.22. The summed E-state index contributed by atoms with van der Waals surface area (Å²) in [6.07, 6.45) is 0.876. The molecular formula is C23H31N3O3S. The smallest absolute Gasteiger partial charge is 0.240 e. The van der Waals surface area contributed by atoms with Crippen molar-refractivity contribution in [1.82, 2.24) is 14.5 Å². The van der Waals surface area contributed by atoms with E-state index in [-0.39, 0.29) is 11.7 Å². The zero-order valence-corrected chi connectivity index (χ0v) is 18.6. The number of hydrogen-bond acceptors (Lipinski definition) is 4. The lowest BCUT2D eigenvalue weighted by atomic mass is 10.1. The molecule has 6 nitrogen and oxygen atoms in total. The number of rotatable bonds is 7. The van der Waals surface area contributed by atoms with Crippen LogP contribution in [0.3, 0.4) is 0 Å². The van der Waals surface area contributed by atoms with Crippen LogP contribution in [0.5, 0.6) is 0 Å². The Morgan fingerprint density at radius 3 is 2.43 bits per heavy atom. The minimum Gasteiger partial charge on any atom is -0.340 e. The summed E-state index contributed by atoms with van der Waals surface area (Å²) in [6.45, 7) is 7.57. The van der Waals surface area contributed by atoms with Crippen LogP contribution >= 0.6 is 0 Å². The topological polar surface area (TPSA) is 69.7 Å². The van der Waals surface area contributed by atoms with Crippen molar-refractivity contribution in [2.75, 3.05) is 26.2 Å². The van der Waals surface area contributed by atoms with Crippen LogP contribution in [-0.4, -0.2) is 56.3 Å². The molecule has 1 atom stereocenters. The SMILES string of the molecule is Cc1ccccc1CN1CCCN(C(=O)C(C)NS(=O)(=O)Cc2ccccc2)CC1. The van der Waals surface area contributed by atoms with Gasteiger partial charge in [0.1, 0.15) is 0 Å². The van der Waals surface area contributed by atoms with Crippen molar-refractivity contribution in [1.29, 1.82) is 0 Å². The molecule has 1 N–H and O–H groups in total. The van der Waals surface area contributed by atoms with Crippen LogP contribution in [0.15, 0.2) is 54.6 Å². The highest BCUT2D eigenvalue weighted by Gasteiger charge is 2.26. The quantitative estimate of drug-likeness (QED) is 0.734. The monoisotopic (exact) mass is 429 g/mol. The van der Waals surface area contributed by atoms with E-state index in [2.05, 4.69) is 34.7 Å². The summed E-state index contributed by atoms with van der Waals surface area (Å²) in [7, 11) is -3.59. The first-order valence-corrected chi connectivity index (χ1v) is 12.1. The minimum absolute atomic E-state index is 0.129. The fourth-order valence-corrected chi connectivity index (χ4v) is 5.16. The Morgan fingerprint density at radius 2 is 1.70 bits per heavy atom. The first-order chi connectivity index (χ1) is 14.3. The molecule has 0 saturated carbocycles. The first kappa shape index (κ1) is 22.5. The van der Waals surface area contributed by atoms with Gasteiger partial charge in [-0.05, 0) is 37.0 Å². The van der Waals surface area contributed by atoms with Gasteiger partial charge in [-0.3, -0.25) is 9.69 Å². The molecule has 1 aliphatic heterocycles. The molecule has 2 aromatic carbocycles. The van der Waals surface area contributed by atoms with Crippen LogP contribution in [0.4, 0.5) is 0 Å². The van der Waals surface area contributed by atoms with Crippen molar-refractivity contribution in [3.8, 4) is 0 Å². The van der Waals surface area contributed by atoms with Gasteiger partial charge >= 0.3 is 0 Å². The molecule has 1 aliphatic rings. The third-order valence-corrected chi connectivity index (χ3v) is 6.91. The van der Waals surface area contributed by atoms with Crippen LogP contribution in [0.1, 0.15) is 30.0 Å². The Bertz CT molecular complexity index is 947. The van der Waals surface area contributed by atoms with Gasteiger partial charge in [0, 0.05) is 32.7 Å². The minimum atomic E-state index is -3.59. The van der Waals surface area contributed by atoms with Crippen LogP contribution < -0.4 is 4.72 Å². The number of nitrogens with zero attached hydrogens (tertiary/aromatic N) is 2. The largest absolute Gasteiger partial charge is 0.340 e. The maximum atomic E-state index is 12.9. The second-order valence-corrected chi connectivity index (χ2v) is 9.72. The van der Waals surface area contributed by atoms with E-state index in [0.717, 1.165) is 26.1 Å². The number of benzene rings is 2. The predicted octanol–water partition coefficient (Wildman–Crippen LogP) is 2.54. The average molecular weight is 430 g/mol. The second kappa shape index (κ2) is 10.2. The van der Waals surface area contributed by atoms with Gasteiger partial charge in [-0.2, -0.15) is 0 Å². The molecule has 2 aromatic rings. The molecule has 0 bridgehead atoms. The summed E-state index contributed by atoms with van der Waals surface area (Å²) in [4.78, 5) is 17.0. The number of carbonyl (C=O) groups excluding carboxylic acids is 1. The number of aryl methyl sites for hydroxylation is 1. The standard InChI is InChI=1S/C23H31N3O3S/c1-19-9-6-7-12-22(19)17-25-13-8-14-26(16-15-25)23(27)20(2)24-30(28,29)18-21-10-4-3-5-11-21/h3-7,9-12,20,24H,8,13-18H2,1-2H3. The molecule has 0 radical (unpaired) electrons. The van der Waals surface area contributed by atoms with Crippen LogP contribution in [-0.2, 0) is 27.1 Å². The van der Waals surface area contributed by atoms with Crippen LogP contribution in [0.2, 0.25) is 0 Å². The summed E-state index contributed by atoms with van der Waals surface area (Å²) < 4.78 is 27.5. The lowest BCUT2D eigenvalue weighted by molar-refractivity contribution is -0.132. The molecule has 0 aliphatic carbocycles. The Balaban J connectivity index is 1.54. The molecule has 30 heavy (non-hydrogen) atoms. The van der Waals surface area contributed by atoms with Gasteiger partial charge < -0.3 is 4.90 Å². The van der Waals surface area contributed by atoms with Gasteiger partial charge in [-0.25, -0.2) is 13.1 Å². The van der Waals surface area contributed by atoms with Gasteiger partial charge in [-0.1, -0.05) is 54.6 Å². The summed E-state index contributed by atoms with van der Waals surface area (Å²) >= 11 is 0. The van der Waals surface area contributed by atoms with Crippen molar-refractivity contribution in [3.05, 3.63) is 71.3 Å². The van der Waals surface area contributed by atoms with E-state index in [4.69, 9.17) is 0 Å². The third-order valence-electron chi connectivity index (χ3n) is 5.48. The second-order valence-electron chi connectivity index (χ2n) is 7.97. The molecule has 1 heterocycles. The zero-order chi connectivity index (χ0) is 21.6. The average Bonchev–Trinajstić information content (AvgIpc) is 2.95. The lowest BCUT2D eigenvalue weighted by Gasteiger charge is -2.25. The summed E-state index contributed by atoms with van der Waals surface area (Å²) in [5, 5.41) is 0. The number of hydrogen-bond donors (Lipinski definition) is 1. The van der Waals surface area contributed by atoms with E-state index in [9.17, 15) is 13.2 Å². The van der Waals surface area contributed by atoms with Gasteiger partial charge in [0.15, 0.2) is 0 Å². The maximum absolute atomic E-state index is 12.9. The van der Waals surface area contributed by atoms with E-state index in [0.29, 0.717) is 18.7 Å². The lowest BCUT2D eigenvalue weighted by Crippen LogP contribution is -2.48. The highest BCUT2D eigenvalue weighted by molar-refractivity contribution is 7.88. The van der Waals surface area contributed by atoms with Crippen molar-refractivity contribution in [2.24, 2.45) is 0 Å². The van der Waals surface area contributed by atoms with Gasteiger partial charge in [0.05, 0.1) is 11.8 Å². The first-order valence-electron chi connectivity index (χ1n) is 10.4. The Labute approximate surface area is 179 Å². The molecular weight excluding hydrogens is 398 g/mol. The summed E-state index contributed by atoms with van der Waals surface area (Å²) in [5.74, 6) is -0.292. The Kier molecular flexibility index (Phi) is 7.64. The summed E-state index contributed by atoms with van der Waals surface area (Å²) in [5.41, 5.74) is 3.28. The van der Waals surface area contributed by atoms with Crippen molar-refractivity contribution in [2.45, 2.75) is 38.6 Å². The molecule has 1 unspecified atom stereocenters. The van der Waals surface area contributed by atoms with Crippen molar-refractivity contribution >= 4 is 15.9 Å². The molecule has 3 rings (SSSR count). The van der Waals surface area contributed by atoms with E-state index in [1.165, 1.54) is 11.1 Å². The normalized spacial score (nSPS) is 16.8. The highest BCUT2D eigenvalue weighted by Crippen LogP contribution is 2.13. The maximum Gasteiger partial charge on any atom is 0.240 e. The van der Waals surface area contributed by atoms with Crippen molar-refractivity contribution < 1.29 is 13.2 Å². The summed E-state index contributed by atoms with van der Waals surface area (Å²) in [6, 6.07) is 16.6.